The van der Waals surface area contributed by atoms with Crippen molar-refractivity contribution in [2.75, 3.05) is 19.0 Å². The van der Waals surface area contributed by atoms with E-state index in [1.807, 2.05) is 13.0 Å². The van der Waals surface area contributed by atoms with E-state index in [2.05, 4.69) is 15.3 Å². The summed E-state index contributed by atoms with van der Waals surface area (Å²) >= 11 is 12.5. The molecule has 0 aliphatic carbocycles. The summed E-state index contributed by atoms with van der Waals surface area (Å²) in [5.74, 6) is 1.28. The van der Waals surface area contributed by atoms with Gasteiger partial charge in [0.05, 0.1) is 22.3 Å². The Balaban J connectivity index is 2.25. The molecule has 0 bridgehead atoms. The number of ether oxygens (including phenoxy) is 1. The molecule has 20 heavy (non-hydrogen) atoms. The zero-order valence-corrected chi connectivity index (χ0v) is 12.6. The number of benzene rings is 1. The SMILES string of the molecule is CNc1nc(C)cc(-c2c(Cl)cc(Cl)c3c2CCO3)n1. The summed E-state index contributed by atoms with van der Waals surface area (Å²) in [6.45, 7) is 2.54. The molecule has 1 aromatic carbocycles. The molecular weight excluding hydrogens is 297 g/mol. The van der Waals surface area contributed by atoms with Crippen molar-refractivity contribution in [1.29, 1.82) is 0 Å². The van der Waals surface area contributed by atoms with Crippen LogP contribution in [0, 0.1) is 6.92 Å². The van der Waals surface area contributed by atoms with E-state index in [0.29, 0.717) is 28.3 Å². The maximum absolute atomic E-state index is 6.37. The first-order chi connectivity index (χ1) is 9.60. The molecule has 0 saturated carbocycles. The third-order valence-electron chi connectivity index (χ3n) is 3.22. The highest BCUT2D eigenvalue weighted by molar-refractivity contribution is 6.37. The number of nitrogens with one attached hydrogen (secondary N) is 1. The quantitative estimate of drug-likeness (QED) is 0.918. The molecule has 4 nitrogen and oxygen atoms in total. The number of anilines is 1. The Morgan fingerprint density at radius 1 is 1.20 bits per heavy atom. The largest absolute Gasteiger partial charge is 0.491 e. The van der Waals surface area contributed by atoms with Gasteiger partial charge >= 0.3 is 0 Å². The number of nitrogens with zero attached hydrogens (tertiary/aromatic N) is 2. The average Bonchev–Trinajstić information content (AvgIpc) is 2.87. The van der Waals surface area contributed by atoms with Gasteiger partial charge in [0.25, 0.3) is 0 Å². The molecule has 0 amide bonds. The van der Waals surface area contributed by atoms with Crippen LogP contribution in [0.2, 0.25) is 10.0 Å². The van der Waals surface area contributed by atoms with Crippen LogP contribution in [0.25, 0.3) is 11.3 Å². The summed E-state index contributed by atoms with van der Waals surface area (Å²) in [7, 11) is 1.79. The summed E-state index contributed by atoms with van der Waals surface area (Å²) in [5.41, 5.74) is 3.55. The maximum atomic E-state index is 6.37. The van der Waals surface area contributed by atoms with Crippen LogP contribution in [0.4, 0.5) is 5.95 Å². The number of aryl methyl sites for hydroxylation is 1. The van der Waals surface area contributed by atoms with Crippen molar-refractivity contribution >= 4 is 29.2 Å². The Kier molecular flexibility index (Phi) is 3.44. The number of hydrogen-bond acceptors (Lipinski definition) is 4. The fraction of sp³-hybridized carbons (Fsp3) is 0.286. The molecule has 2 heterocycles. The Morgan fingerprint density at radius 2 is 2.00 bits per heavy atom. The smallest absolute Gasteiger partial charge is 0.223 e. The van der Waals surface area contributed by atoms with Gasteiger partial charge in [-0.25, -0.2) is 9.97 Å². The fourth-order valence-corrected chi connectivity index (χ4v) is 3.04. The molecule has 1 aromatic heterocycles. The first kappa shape index (κ1) is 13.5. The Labute approximate surface area is 127 Å². The van der Waals surface area contributed by atoms with Gasteiger partial charge < -0.3 is 10.1 Å². The molecule has 2 aromatic rings. The van der Waals surface area contributed by atoms with Crippen LogP contribution in [-0.4, -0.2) is 23.6 Å². The van der Waals surface area contributed by atoms with Crippen LogP contribution in [-0.2, 0) is 6.42 Å². The van der Waals surface area contributed by atoms with E-state index in [1.165, 1.54) is 0 Å². The molecule has 0 saturated heterocycles. The summed E-state index contributed by atoms with van der Waals surface area (Å²) in [4.78, 5) is 8.78. The third-order valence-corrected chi connectivity index (χ3v) is 3.80. The highest BCUT2D eigenvalue weighted by Crippen LogP contribution is 2.44. The summed E-state index contributed by atoms with van der Waals surface area (Å²) in [6.07, 6.45) is 0.781. The van der Waals surface area contributed by atoms with E-state index < -0.39 is 0 Å². The van der Waals surface area contributed by atoms with Crippen molar-refractivity contribution in [3.8, 4) is 17.0 Å². The molecule has 1 aliphatic heterocycles. The zero-order chi connectivity index (χ0) is 14.3. The zero-order valence-electron chi connectivity index (χ0n) is 11.1. The maximum Gasteiger partial charge on any atom is 0.223 e. The third kappa shape index (κ3) is 2.19. The van der Waals surface area contributed by atoms with Gasteiger partial charge in [-0.3, -0.25) is 0 Å². The molecule has 0 unspecified atom stereocenters. The highest BCUT2D eigenvalue weighted by Gasteiger charge is 2.24. The number of fused-ring (bicyclic) bond motifs is 1. The minimum absolute atomic E-state index is 0.547. The van der Waals surface area contributed by atoms with Crippen molar-refractivity contribution in [1.82, 2.24) is 9.97 Å². The standard InChI is InChI=1S/C14H13Cl2N3O/c1-7-5-11(19-14(17-2)18-7)12-8-3-4-20-13(8)10(16)6-9(12)15/h5-6H,3-4H2,1-2H3,(H,17,18,19). The van der Waals surface area contributed by atoms with Crippen LogP contribution >= 0.6 is 23.2 Å². The van der Waals surface area contributed by atoms with Gasteiger partial charge in [-0.05, 0) is 19.1 Å². The Morgan fingerprint density at radius 3 is 2.75 bits per heavy atom. The molecule has 3 rings (SSSR count). The molecule has 1 aliphatic rings. The van der Waals surface area contributed by atoms with Crippen LogP contribution in [0.1, 0.15) is 11.3 Å². The lowest BCUT2D eigenvalue weighted by Gasteiger charge is -2.12. The number of rotatable bonds is 2. The predicted octanol–water partition coefficient (Wildman–Crippen LogP) is 3.74. The van der Waals surface area contributed by atoms with E-state index in [1.54, 1.807) is 13.1 Å². The lowest BCUT2D eigenvalue weighted by molar-refractivity contribution is 0.357. The second-order valence-electron chi connectivity index (χ2n) is 4.59. The van der Waals surface area contributed by atoms with Gasteiger partial charge in [0.15, 0.2) is 0 Å². The number of hydrogen-bond donors (Lipinski definition) is 1. The molecule has 0 atom stereocenters. The van der Waals surface area contributed by atoms with Crippen molar-refractivity contribution in [2.24, 2.45) is 0 Å². The topological polar surface area (TPSA) is 47.0 Å². The van der Waals surface area contributed by atoms with Crippen molar-refractivity contribution in [2.45, 2.75) is 13.3 Å². The molecular formula is C14H13Cl2N3O. The molecule has 104 valence electrons. The van der Waals surface area contributed by atoms with Gasteiger partial charge in [-0.15, -0.1) is 0 Å². The van der Waals surface area contributed by atoms with E-state index in [9.17, 15) is 0 Å². The van der Waals surface area contributed by atoms with Crippen LogP contribution < -0.4 is 10.1 Å². The summed E-state index contributed by atoms with van der Waals surface area (Å²) < 4.78 is 5.58. The monoisotopic (exact) mass is 309 g/mol. The average molecular weight is 310 g/mol. The lowest BCUT2D eigenvalue weighted by Crippen LogP contribution is -2.00. The summed E-state index contributed by atoms with van der Waals surface area (Å²) in [6, 6.07) is 3.62. The Hall–Kier alpha value is -1.52. The predicted molar refractivity (Wildman–Crippen MR) is 81.0 cm³/mol. The molecule has 0 spiro atoms. The van der Waals surface area contributed by atoms with E-state index in [4.69, 9.17) is 27.9 Å². The molecule has 0 radical (unpaired) electrons. The fourth-order valence-electron chi connectivity index (χ4n) is 2.39. The number of aromatic nitrogens is 2. The molecule has 6 heteroatoms. The highest BCUT2D eigenvalue weighted by atomic mass is 35.5. The summed E-state index contributed by atoms with van der Waals surface area (Å²) in [5, 5.41) is 4.08. The van der Waals surface area contributed by atoms with Gasteiger partial charge in [-0.2, -0.15) is 0 Å². The molecule has 1 N–H and O–H groups in total. The van der Waals surface area contributed by atoms with Crippen molar-refractivity contribution in [3.05, 3.63) is 33.4 Å². The lowest BCUT2D eigenvalue weighted by atomic mass is 10.0. The normalized spacial score (nSPS) is 13.0. The van der Waals surface area contributed by atoms with Crippen molar-refractivity contribution in [3.63, 3.8) is 0 Å². The van der Waals surface area contributed by atoms with Gasteiger partial charge in [0, 0.05) is 30.3 Å². The van der Waals surface area contributed by atoms with Gasteiger partial charge in [0.2, 0.25) is 5.95 Å². The second-order valence-corrected chi connectivity index (χ2v) is 5.40. The van der Waals surface area contributed by atoms with Crippen LogP contribution in [0.5, 0.6) is 5.75 Å². The first-order valence-corrected chi connectivity index (χ1v) is 7.03. The number of halogens is 2. The van der Waals surface area contributed by atoms with Crippen LogP contribution in [0.15, 0.2) is 12.1 Å². The second kappa shape index (κ2) is 5.11. The minimum atomic E-state index is 0.547. The van der Waals surface area contributed by atoms with E-state index in [0.717, 1.165) is 28.9 Å². The van der Waals surface area contributed by atoms with Crippen molar-refractivity contribution < 1.29 is 4.74 Å². The van der Waals surface area contributed by atoms with E-state index >= 15 is 0 Å². The van der Waals surface area contributed by atoms with E-state index in [-0.39, 0.29) is 0 Å². The van der Waals surface area contributed by atoms with Crippen LogP contribution in [0.3, 0.4) is 0 Å². The van der Waals surface area contributed by atoms with Gasteiger partial charge in [-0.1, -0.05) is 23.2 Å². The minimum Gasteiger partial charge on any atom is -0.491 e. The Bertz CT molecular complexity index is 689. The molecule has 0 fully saturated rings. The van der Waals surface area contributed by atoms with Gasteiger partial charge in [0.1, 0.15) is 5.75 Å². The first-order valence-electron chi connectivity index (χ1n) is 6.27.